The first-order valence-corrected chi connectivity index (χ1v) is 12.9. The third kappa shape index (κ3) is 5.90. The molecule has 0 atom stereocenters. The van der Waals surface area contributed by atoms with Gasteiger partial charge in [0.05, 0.1) is 25.7 Å². The highest BCUT2D eigenvalue weighted by atomic mass is 32.1. The molecule has 0 saturated carbocycles. The van der Waals surface area contributed by atoms with E-state index >= 15 is 0 Å². The molecule has 0 fully saturated rings. The standard InChI is InChI=1S/C28H24O4S2/c1-2-26-4-3-25(1)29-13-9-21-17-33-19-23(21)11-15-31-27-5-7-28(8-6-27)32-16-12-24-20-34-18-22(24)10-14-30-26/h1-10,13-14,17-20H,11-12,15-16H2/b13-9+,14-10+. The van der Waals surface area contributed by atoms with Crippen molar-refractivity contribution in [3.8, 4) is 23.0 Å². The summed E-state index contributed by atoms with van der Waals surface area (Å²) in [6.07, 6.45) is 9.06. The SMILES string of the molecule is C1=C/c2cscc2CCOc2ccc(cc2)OCCc2cscc2/C=C/Oc2ccc(cc2)O/1. The Hall–Kier alpha value is -3.48. The maximum Gasteiger partial charge on any atom is 0.126 e. The summed E-state index contributed by atoms with van der Waals surface area (Å²) in [5.74, 6) is 3.19. The normalized spacial score (nSPS) is 16.0. The molecule has 0 amide bonds. The Kier molecular flexibility index (Phi) is 7.28. The summed E-state index contributed by atoms with van der Waals surface area (Å²) in [4.78, 5) is 0. The Labute approximate surface area is 207 Å². The molecule has 2 aromatic heterocycles. The van der Waals surface area contributed by atoms with Gasteiger partial charge in [0.1, 0.15) is 23.0 Å². The molecule has 4 aliphatic heterocycles. The van der Waals surface area contributed by atoms with Crippen LogP contribution < -0.4 is 18.9 Å². The van der Waals surface area contributed by atoms with Crippen molar-refractivity contribution in [3.05, 3.63) is 105 Å². The maximum absolute atomic E-state index is 5.95. The van der Waals surface area contributed by atoms with Gasteiger partial charge in [-0.15, -0.1) is 0 Å². The van der Waals surface area contributed by atoms with Gasteiger partial charge in [0.2, 0.25) is 0 Å². The van der Waals surface area contributed by atoms with Crippen LogP contribution in [-0.2, 0) is 12.8 Å². The van der Waals surface area contributed by atoms with Gasteiger partial charge in [-0.1, -0.05) is 0 Å². The van der Waals surface area contributed by atoms with Crippen LogP contribution in [0.2, 0.25) is 0 Å². The van der Waals surface area contributed by atoms with E-state index < -0.39 is 0 Å². The number of ether oxygens (including phenoxy) is 4. The zero-order chi connectivity index (χ0) is 23.0. The molecule has 2 aromatic carbocycles. The average molecular weight is 489 g/mol. The van der Waals surface area contributed by atoms with E-state index in [0.29, 0.717) is 13.2 Å². The fourth-order valence-electron chi connectivity index (χ4n) is 3.52. The zero-order valence-electron chi connectivity index (χ0n) is 18.5. The lowest BCUT2D eigenvalue weighted by atomic mass is 10.1. The van der Waals surface area contributed by atoms with Gasteiger partial charge in [-0.05, 0) is 104 Å². The summed E-state index contributed by atoms with van der Waals surface area (Å²) in [5, 5.41) is 8.55. The van der Waals surface area contributed by atoms with Gasteiger partial charge in [0.25, 0.3) is 0 Å². The van der Waals surface area contributed by atoms with Crippen LogP contribution in [0.15, 0.2) is 82.6 Å². The quantitative estimate of drug-likeness (QED) is 0.257. The van der Waals surface area contributed by atoms with E-state index in [1.54, 1.807) is 35.2 Å². The van der Waals surface area contributed by atoms with E-state index in [0.717, 1.165) is 47.0 Å². The molecule has 6 heterocycles. The topological polar surface area (TPSA) is 36.9 Å². The van der Waals surface area contributed by atoms with Crippen molar-refractivity contribution in [2.24, 2.45) is 0 Å². The molecule has 8 rings (SSSR count). The zero-order valence-corrected chi connectivity index (χ0v) is 20.1. The van der Waals surface area contributed by atoms with E-state index in [1.165, 1.54) is 11.1 Å². The van der Waals surface area contributed by atoms with Crippen molar-refractivity contribution in [3.63, 3.8) is 0 Å². The van der Waals surface area contributed by atoms with Crippen LogP contribution >= 0.6 is 22.7 Å². The van der Waals surface area contributed by atoms with Gasteiger partial charge in [0.15, 0.2) is 0 Å². The largest absolute Gasteiger partial charge is 0.493 e. The Morgan fingerprint density at radius 3 is 1.35 bits per heavy atom. The number of thiophene rings is 2. The average Bonchev–Trinajstić information content (AvgIpc) is 3.50. The number of rotatable bonds is 0. The van der Waals surface area contributed by atoms with E-state index in [9.17, 15) is 0 Å². The molecular formula is C28H24O4S2. The summed E-state index contributed by atoms with van der Waals surface area (Å²) >= 11 is 3.36. The summed E-state index contributed by atoms with van der Waals surface area (Å²) in [7, 11) is 0. The minimum Gasteiger partial charge on any atom is -0.493 e. The maximum atomic E-state index is 5.95. The van der Waals surface area contributed by atoms with Crippen molar-refractivity contribution in [2.75, 3.05) is 13.2 Å². The molecule has 4 bridgehead atoms. The molecular weight excluding hydrogens is 464 g/mol. The minimum absolute atomic E-state index is 0.606. The molecule has 0 aliphatic carbocycles. The lowest BCUT2D eigenvalue weighted by Gasteiger charge is -2.09. The highest BCUT2D eigenvalue weighted by Crippen LogP contribution is 2.23. The molecule has 6 heteroatoms. The highest BCUT2D eigenvalue weighted by Gasteiger charge is 2.05. The highest BCUT2D eigenvalue weighted by molar-refractivity contribution is 7.08. The van der Waals surface area contributed by atoms with Crippen molar-refractivity contribution in [1.82, 2.24) is 0 Å². The summed E-state index contributed by atoms with van der Waals surface area (Å²) in [6.45, 7) is 1.21. The van der Waals surface area contributed by atoms with Gasteiger partial charge in [-0.2, -0.15) is 22.7 Å². The predicted molar refractivity (Wildman–Crippen MR) is 139 cm³/mol. The molecule has 0 unspecified atom stereocenters. The smallest absolute Gasteiger partial charge is 0.126 e. The Morgan fingerprint density at radius 2 is 0.912 bits per heavy atom. The van der Waals surface area contributed by atoms with Gasteiger partial charge < -0.3 is 18.9 Å². The lowest BCUT2D eigenvalue weighted by Crippen LogP contribution is -2.03. The Bertz CT molecular complexity index is 1150. The minimum atomic E-state index is 0.606. The van der Waals surface area contributed by atoms with Crippen LogP contribution in [0, 0.1) is 0 Å². The van der Waals surface area contributed by atoms with Gasteiger partial charge in [0, 0.05) is 12.8 Å². The first-order valence-electron chi connectivity index (χ1n) is 11.1. The second-order valence-electron chi connectivity index (χ2n) is 7.69. The van der Waals surface area contributed by atoms with Crippen molar-refractivity contribution in [2.45, 2.75) is 12.8 Å². The lowest BCUT2D eigenvalue weighted by molar-refractivity contribution is 0.313. The van der Waals surface area contributed by atoms with Crippen LogP contribution in [0.4, 0.5) is 0 Å². The van der Waals surface area contributed by atoms with Gasteiger partial charge in [-0.25, -0.2) is 0 Å². The second-order valence-corrected chi connectivity index (χ2v) is 9.17. The Morgan fingerprint density at radius 1 is 0.500 bits per heavy atom. The van der Waals surface area contributed by atoms with E-state index in [2.05, 4.69) is 21.5 Å². The molecule has 0 saturated heterocycles. The van der Waals surface area contributed by atoms with Crippen LogP contribution in [0.1, 0.15) is 22.3 Å². The van der Waals surface area contributed by atoms with Crippen molar-refractivity contribution in [1.29, 1.82) is 0 Å². The first-order chi connectivity index (χ1) is 16.8. The third-order valence-corrected chi connectivity index (χ3v) is 7.00. The monoisotopic (exact) mass is 488 g/mol. The van der Waals surface area contributed by atoms with Crippen LogP contribution in [0.3, 0.4) is 0 Å². The molecule has 4 nitrogen and oxygen atoms in total. The van der Waals surface area contributed by atoms with Gasteiger partial charge >= 0.3 is 0 Å². The molecule has 0 spiro atoms. The first kappa shape index (κ1) is 22.3. The van der Waals surface area contributed by atoms with Gasteiger partial charge in [-0.3, -0.25) is 0 Å². The summed E-state index contributed by atoms with van der Waals surface area (Å²) < 4.78 is 23.5. The predicted octanol–water partition coefficient (Wildman–Crippen LogP) is 7.47. The molecule has 0 N–H and O–H groups in total. The molecule has 0 radical (unpaired) electrons. The molecule has 4 aliphatic rings. The Balaban J connectivity index is 1.33. The molecule has 4 aromatic rings. The molecule has 172 valence electrons. The van der Waals surface area contributed by atoms with E-state index in [-0.39, 0.29) is 0 Å². The van der Waals surface area contributed by atoms with E-state index in [4.69, 9.17) is 18.9 Å². The number of hydrogen-bond acceptors (Lipinski definition) is 6. The van der Waals surface area contributed by atoms with Crippen molar-refractivity contribution < 1.29 is 18.9 Å². The fourth-order valence-corrected chi connectivity index (χ4v) is 5.25. The fraction of sp³-hybridized carbons (Fsp3) is 0.143. The third-order valence-electron chi connectivity index (χ3n) is 5.38. The molecule has 34 heavy (non-hydrogen) atoms. The van der Waals surface area contributed by atoms with E-state index in [1.807, 2.05) is 60.7 Å². The second kappa shape index (κ2) is 11.1. The number of hydrogen-bond donors (Lipinski definition) is 0. The van der Waals surface area contributed by atoms with Crippen LogP contribution in [0.5, 0.6) is 23.0 Å². The summed E-state index contributed by atoms with van der Waals surface area (Å²) in [6, 6.07) is 15.4. The number of benzene rings is 2. The van der Waals surface area contributed by atoms with Crippen LogP contribution in [0.25, 0.3) is 12.2 Å². The van der Waals surface area contributed by atoms with Crippen molar-refractivity contribution >= 4 is 34.8 Å². The summed E-state index contributed by atoms with van der Waals surface area (Å²) in [5.41, 5.74) is 4.76. The van der Waals surface area contributed by atoms with Crippen LogP contribution in [-0.4, -0.2) is 13.2 Å².